The molecule has 0 aliphatic carbocycles. The molecule has 5 heteroatoms. The van der Waals surface area contributed by atoms with Crippen molar-refractivity contribution in [2.75, 3.05) is 12.3 Å². The van der Waals surface area contributed by atoms with E-state index in [9.17, 15) is 5.11 Å². The molecular weight excluding hydrogens is 216 g/mol. The molecule has 1 aliphatic heterocycles. The third kappa shape index (κ3) is 2.66. The number of nitrogens with two attached hydrogens (primary N) is 1. The molecule has 0 aromatic carbocycles. The predicted octanol–water partition coefficient (Wildman–Crippen LogP) is 0.866. The van der Waals surface area contributed by atoms with Crippen molar-refractivity contribution < 1.29 is 5.11 Å². The van der Waals surface area contributed by atoms with E-state index in [1.54, 1.807) is 17.3 Å². The molecular formula is C12H16N4O. The van der Waals surface area contributed by atoms with E-state index in [0.29, 0.717) is 12.2 Å². The monoisotopic (exact) mass is 232 g/mol. The van der Waals surface area contributed by atoms with Crippen LogP contribution in [0.2, 0.25) is 0 Å². The lowest BCUT2D eigenvalue weighted by atomic mass is 10.0. The number of nitrogens with zero attached hydrogens (tertiary/aromatic N) is 3. The number of aliphatic hydroxyl groups is 1. The molecule has 90 valence electrons. The normalized spacial score (nSPS) is 21.2. The van der Waals surface area contributed by atoms with Crippen LogP contribution >= 0.6 is 0 Å². The maximum absolute atomic E-state index is 10.1. The van der Waals surface area contributed by atoms with Gasteiger partial charge in [0.25, 0.3) is 0 Å². The Morgan fingerprint density at radius 2 is 2.53 bits per heavy atom. The summed E-state index contributed by atoms with van der Waals surface area (Å²) in [4.78, 5) is 7.35. The number of aromatic nitrogens is 1. The summed E-state index contributed by atoms with van der Waals surface area (Å²) in [5, 5.41) is 11.8. The van der Waals surface area contributed by atoms with Crippen molar-refractivity contribution in [2.45, 2.75) is 31.4 Å². The topological polar surface area (TPSA) is 66.7 Å². The van der Waals surface area contributed by atoms with Gasteiger partial charge in [0.1, 0.15) is 11.9 Å². The fraction of sp³-hybridized carbons (Fsp3) is 0.500. The number of rotatable bonds is 3. The fourth-order valence-electron chi connectivity index (χ4n) is 2.29. The van der Waals surface area contributed by atoms with Gasteiger partial charge < -0.3 is 10.8 Å². The third-order valence-electron chi connectivity index (χ3n) is 3.13. The van der Waals surface area contributed by atoms with E-state index in [-0.39, 0.29) is 6.04 Å². The Morgan fingerprint density at radius 3 is 3.24 bits per heavy atom. The molecule has 1 aliphatic rings. The van der Waals surface area contributed by atoms with Crippen molar-refractivity contribution in [3.05, 3.63) is 35.4 Å². The van der Waals surface area contributed by atoms with Crippen LogP contribution in [-0.4, -0.2) is 33.8 Å². The Hall–Kier alpha value is -1.80. The number of pyridine rings is 1. The van der Waals surface area contributed by atoms with Crippen LogP contribution in [0.15, 0.2) is 18.3 Å². The molecule has 2 atom stereocenters. The lowest BCUT2D eigenvalue weighted by molar-refractivity contribution is 0.0934. The van der Waals surface area contributed by atoms with Gasteiger partial charge in [-0.2, -0.15) is 11.5 Å². The second-order valence-electron chi connectivity index (χ2n) is 4.33. The maximum atomic E-state index is 10.1. The zero-order chi connectivity index (χ0) is 12.3. The van der Waals surface area contributed by atoms with Gasteiger partial charge in [-0.1, -0.05) is 0 Å². The molecule has 17 heavy (non-hydrogen) atoms. The standard InChI is InChI=1S/C12H16N4O/c1-14-16-6-2-3-10(16)11(17)7-9-4-5-15-12(13)8-9/h4-5,8,10-11,17H,2-3,6-7H2,(H2,13,15)/t10-,11?/m0/s1. The van der Waals surface area contributed by atoms with Gasteiger partial charge in [0.2, 0.25) is 0 Å². The second kappa shape index (κ2) is 5.02. The first-order valence-electron chi connectivity index (χ1n) is 5.73. The largest absolute Gasteiger partial charge is 0.390 e. The molecule has 1 saturated heterocycles. The highest BCUT2D eigenvalue weighted by atomic mass is 16.3. The molecule has 0 saturated carbocycles. The van der Waals surface area contributed by atoms with Crippen molar-refractivity contribution in [3.63, 3.8) is 0 Å². The first-order chi connectivity index (χ1) is 8.20. The summed E-state index contributed by atoms with van der Waals surface area (Å²) < 4.78 is 0. The third-order valence-corrected chi connectivity index (χ3v) is 3.13. The molecule has 1 aromatic rings. The van der Waals surface area contributed by atoms with E-state index >= 15 is 0 Å². The van der Waals surface area contributed by atoms with E-state index < -0.39 is 6.10 Å². The van der Waals surface area contributed by atoms with E-state index in [0.717, 1.165) is 24.9 Å². The molecule has 5 nitrogen and oxygen atoms in total. The van der Waals surface area contributed by atoms with E-state index in [4.69, 9.17) is 12.3 Å². The van der Waals surface area contributed by atoms with E-state index in [1.807, 2.05) is 6.07 Å². The fourth-order valence-corrected chi connectivity index (χ4v) is 2.29. The van der Waals surface area contributed by atoms with Gasteiger partial charge in [0.15, 0.2) is 0 Å². The summed E-state index contributed by atoms with van der Waals surface area (Å²) in [6.45, 7) is 7.80. The summed E-state index contributed by atoms with van der Waals surface area (Å²) in [6, 6.07) is 3.55. The van der Waals surface area contributed by atoms with Crippen molar-refractivity contribution in [3.8, 4) is 0 Å². The van der Waals surface area contributed by atoms with Crippen LogP contribution in [0.1, 0.15) is 18.4 Å². The number of anilines is 1. The van der Waals surface area contributed by atoms with Crippen molar-refractivity contribution in [2.24, 2.45) is 0 Å². The van der Waals surface area contributed by atoms with Crippen molar-refractivity contribution >= 4 is 5.82 Å². The summed E-state index contributed by atoms with van der Waals surface area (Å²) in [5.74, 6) is 0.461. The van der Waals surface area contributed by atoms with Crippen LogP contribution in [0.25, 0.3) is 4.95 Å². The predicted molar refractivity (Wildman–Crippen MR) is 64.7 cm³/mol. The highest BCUT2D eigenvalue weighted by molar-refractivity contribution is 5.32. The van der Waals surface area contributed by atoms with Gasteiger partial charge in [-0.25, -0.2) is 4.98 Å². The van der Waals surface area contributed by atoms with Gasteiger partial charge in [-0.3, -0.25) is 0 Å². The minimum Gasteiger partial charge on any atom is -0.390 e. The van der Waals surface area contributed by atoms with Gasteiger partial charge >= 0.3 is 0 Å². The van der Waals surface area contributed by atoms with Crippen LogP contribution in [0, 0.1) is 6.57 Å². The van der Waals surface area contributed by atoms with Gasteiger partial charge in [0, 0.05) is 12.6 Å². The van der Waals surface area contributed by atoms with Crippen molar-refractivity contribution in [1.82, 2.24) is 9.99 Å². The molecule has 0 radical (unpaired) electrons. The molecule has 1 unspecified atom stereocenters. The first-order valence-corrected chi connectivity index (χ1v) is 5.73. The summed E-state index contributed by atoms with van der Waals surface area (Å²) >= 11 is 0. The van der Waals surface area contributed by atoms with E-state index in [2.05, 4.69) is 9.94 Å². The highest BCUT2D eigenvalue weighted by Gasteiger charge is 2.34. The number of hydrogen-bond donors (Lipinski definition) is 2. The highest BCUT2D eigenvalue weighted by Crippen LogP contribution is 2.22. The Bertz CT molecular complexity index is 429. The number of aliphatic hydroxyl groups excluding tert-OH is 1. The molecule has 1 fully saturated rings. The Kier molecular flexibility index (Phi) is 3.45. The molecule has 0 spiro atoms. The van der Waals surface area contributed by atoms with Crippen LogP contribution in [0.4, 0.5) is 5.82 Å². The van der Waals surface area contributed by atoms with Gasteiger partial charge in [-0.15, -0.1) is 5.01 Å². The lowest BCUT2D eigenvalue weighted by Crippen LogP contribution is -2.36. The van der Waals surface area contributed by atoms with Crippen LogP contribution in [0.3, 0.4) is 0 Å². The molecule has 2 heterocycles. The van der Waals surface area contributed by atoms with Crippen LogP contribution in [0.5, 0.6) is 0 Å². The molecule has 0 amide bonds. The maximum Gasteiger partial charge on any atom is 0.123 e. The number of nitrogen functional groups attached to an aromatic ring is 1. The first kappa shape index (κ1) is 11.7. The van der Waals surface area contributed by atoms with Gasteiger partial charge in [-0.05, 0) is 30.5 Å². The average Bonchev–Trinajstić information content (AvgIpc) is 2.77. The molecule has 0 bridgehead atoms. The average molecular weight is 232 g/mol. The Morgan fingerprint density at radius 1 is 1.71 bits per heavy atom. The lowest BCUT2D eigenvalue weighted by Gasteiger charge is -2.20. The number of hydrogen-bond acceptors (Lipinski definition) is 4. The molecule has 2 rings (SSSR count). The Balaban J connectivity index is 2.02. The molecule has 3 N–H and O–H groups in total. The SMILES string of the molecule is [C-]#[N+]N1CCC[C@H]1C(O)Cc1ccnc(N)c1. The smallest absolute Gasteiger partial charge is 0.123 e. The van der Waals surface area contributed by atoms with Crippen molar-refractivity contribution in [1.29, 1.82) is 0 Å². The summed E-state index contributed by atoms with van der Waals surface area (Å²) in [6.07, 6.45) is 3.49. The van der Waals surface area contributed by atoms with Crippen LogP contribution in [-0.2, 0) is 6.42 Å². The zero-order valence-electron chi connectivity index (χ0n) is 9.58. The molecule has 1 aromatic heterocycles. The Labute approximate surface area is 101 Å². The minimum absolute atomic E-state index is 0.0538. The second-order valence-corrected chi connectivity index (χ2v) is 4.33. The van der Waals surface area contributed by atoms with E-state index in [1.165, 1.54) is 0 Å². The summed E-state index contributed by atoms with van der Waals surface area (Å²) in [7, 11) is 0. The zero-order valence-corrected chi connectivity index (χ0v) is 9.58. The minimum atomic E-state index is -0.520. The van der Waals surface area contributed by atoms with Gasteiger partial charge in [0.05, 0.1) is 12.6 Å². The quantitative estimate of drug-likeness (QED) is 0.759. The summed E-state index contributed by atoms with van der Waals surface area (Å²) in [5.41, 5.74) is 6.55. The van der Waals surface area contributed by atoms with Crippen LogP contribution < -0.4 is 5.73 Å².